The van der Waals surface area contributed by atoms with Crippen molar-refractivity contribution in [2.75, 3.05) is 31.1 Å². The molecule has 1 aliphatic rings. The van der Waals surface area contributed by atoms with E-state index in [2.05, 4.69) is 59.9 Å². The van der Waals surface area contributed by atoms with Crippen LogP contribution in [-0.4, -0.2) is 48.1 Å². The maximum atomic E-state index is 4.56. The van der Waals surface area contributed by atoms with E-state index < -0.39 is 0 Å². The molecule has 0 amide bonds. The van der Waals surface area contributed by atoms with Gasteiger partial charge in [0.05, 0.1) is 0 Å². The molecule has 1 N–H and O–H groups in total. The molecule has 0 saturated carbocycles. The zero-order valence-corrected chi connectivity index (χ0v) is 14.0. The van der Waals surface area contributed by atoms with E-state index in [0.717, 1.165) is 38.5 Å². The summed E-state index contributed by atoms with van der Waals surface area (Å²) in [7, 11) is 0. The highest BCUT2D eigenvalue weighted by Gasteiger charge is 2.20. The summed E-state index contributed by atoms with van der Waals surface area (Å²) in [5.74, 6) is 1.13. The molecule has 1 aliphatic heterocycles. The number of nitrogens with zero attached hydrogens (tertiary/aromatic N) is 3. The highest BCUT2D eigenvalue weighted by Crippen LogP contribution is 2.17. The molecule has 21 heavy (non-hydrogen) atoms. The van der Waals surface area contributed by atoms with Crippen LogP contribution in [0.4, 0.5) is 5.82 Å². The van der Waals surface area contributed by atoms with Gasteiger partial charge >= 0.3 is 0 Å². The average Bonchev–Trinajstić information content (AvgIpc) is 2.52. The smallest absolute Gasteiger partial charge is 0.128 e. The van der Waals surface area contributed by atoms with Crippen LogP contribution in [0.5, 0.6) is 0 Å². The van der Waals surface area contributed by atoms with E-state index in [-0.39, 0.29) is 0 Å². The minimum absolute atomic E-state index is 0.515. The minimum Gasteiger partial charge on any atom is -0.354 e. The summed E-state index contributed by atoms with van der Waals surface area (Å²) in [6.07, 6.45) is 3.17. The number of rotatable bonds is 6. The van der Waals surface area contributed by atoms with Crippen molar-refractivity contribution >= 4 is 5.82 Å². The first-order valence-electron chi connectivity index (χ1n) is 8.27. The Hall–Kier alpha value is -1.13. The van der Waals surface area contributed by atoms with Crippen molar-refractivity contribution < 1.29 is 0 Å². The number of aromatic nitrogens is 1. The quantitative estimate of drug-likeness (QED) is 0.872. The largest absolute Gasteiger partial charge is 0.354 e. The van der Waals surface area contributed by atoms with Gasteiger partial charge in [-0.25, -0.2) is 4.98 Å². The van der Waals surface area contributed by atoms with Crippen molar-refractivity contribution in [2.45, 2.75) is 52.7 Å². The first kappa shape index (κ1) is 16.2. The Bertz CT molecular complexity index is 425. The molecule has 0 radical (unpaired) electrons. The Labute approximate surface area is 129 Å². The summed E-state index contributed by atoms with van der Waals surface area (Å²) in [5.41, 5.74) is 1.32. The lowest BCUT2D eigenvalue weighted by atomic mass is 10.2. The fraction of sp³-hybridized carbons (Fsp3) is 0.706. The van der Waals surface area contributed by atoms with E-state index in [1.807, 2.05) is 6.20 Å². The van der Waals surface area contributed by atoms with Gasteiger partial charge in [-0.3, -0.25) is 4.90 Å². The second-order valence-electron chi connectivity index (χ2n) is 6.34. The summed E-state index contributed by atoms with van der Waals surface area (Å²) in [5, 5.41) is 3.47. The van der Waals surface area contributed by atoms with Crippen molar-refractivity contribution in [3.05, 3.63) is 23.9 Å². The lowest BCUT2D eigenvalue weighted by Gasteiger charge is -2.38. The molecule has 1 saturated heterocycles. The standard InChI is InChI=1S/C17H30N4/c1-5-15(4)20-8-10-21(11-9-20)17-12-16(6-7-18-17)13-19-14(2)3/h6-7,12,14-15,19H,5,8-11,13H2,1-4H3. The van der Waals surface area contributed by atoms with Crippen LogP contribution in [0.1, 0.15) is 39.7 Å². The molecule has 0 spiro atoms. The van der Waals surface area contributed by atoms with Crippen molar-refractivity contribution in [3.8, 4) is 0 Å². The van der Waals surface area contributed by atoms with Crippen LogP contribution in [0.25, 0.3) is 0 Å². The van der Waals surface area contributed by atoms with Crippen molar-refractivity contribution in [1.82, 2.24) is 15.2 Å². The van der Waals surface area contributed by atoms with E-state index >= 15 is 0 Å². The normalized spacial score (nSPS) is 18.2. The molecule has 0 aromatic carbocycles. The average molecular weight is 290 g/mol. The molecule has 1 unspecified atom stereocenters. The number of anilines is 1. The Balaban J connectivity index is 1.92. The zero-order valence-electron chi connectivity index (χ0n) is 14.0. The number of hydrogen-bond donors (Lipinski definition) is 1. The van der Waals surface area contributed by atoms with Gasteiger partial charge in [-0.2, -0.15) is 0 Å². The summed E-state index contributed by atoms with van der Waals surface area (Å²) in [6, 6.07) is 5.55. The summed E-state index contributed by atoms with van der Waals surface area (Å²) >= 11 is 0. The molecular weight excluding hydrogens is 260 g/mol. The van der Waals surface area contributed by atoms with Crippen LogP contribution in [0.3, 0.4) is 0 Å². The van der Waals surface area contributed by atoms with Crippen LogP contribution < -0.4 is 10.2 Å². The Kier molecular flexibility index (Phi) is 6.00. The molecule has 1 aromatic rings. The molecule has 4 nitrogen and oxygen atoms in total. The third-order valence-electron chi connectivity index (χ3n) is 4.38. The summed E-state index contributed by atoms with van der Waals surface area (Å²) < 4.78 is 0. The van der Waals surface area contributed by atoms with Crippen molar-refractivity contribution in [3.63, 3.8) is 0 Å². The lowest BCUT2D eigenvalue weighted by Crippen LogP contribution is -2.49. The molecule has 1 aromatic heterocycles. The zero-order chi connectivity index (χ0) is 15.2. The van der Waals surface area contributed by atoms with E-state index in [1.54, 1.807) is 0 Å². The van der Waals surface area contributed by atoms with Gasteiger partial charge in [-0.05, 0) is 31.0 Å². The van der Waals surface area contributed by atoms with Gasteiger partial charge in [0.2, 0.25) is 0 Å². The second-order valence-corrected chi connectivity index (χ2v) is 6.34. The van der Waals surface area contributed by atoms with E-state index in [0.29, 0.717) is 12.1 Å². The highest BCUT2D eigenvalue weighted by molar-refractivity contribution is 5.41. The van der Waals surface area contributed by atoms with E-state index in [1.165, 1.54) is 12.0 Å². The monoisotopic (exact) mass is 290 g/mol. The van der Waals surface area contributed by atoms with Gasteiger partial charge in [0.25, 0.3) is 0 Å². The van der Waals surface area contributed by atoms with Crippen molar-refractivity contribution in [1.29, 1.82) is 0 Å². The number of nitrogens with one attached hydrogen (secondary N) is 1. The predicted molar refractivity (Wildman–Crippen MR) is 89.8 cm³/mol. The Morgan fingerprint density at radius 3 is 2.52 bits per heavy atom. The molecule has 2 rings (SSSR count). The maximum Gasteiger partial charge on any atom is 0.128 e. The third kappa shape index (κ3) is 4.68. The van der Waals surface area contributed by atoms with Gasteiger partial charge in [0.1, 0.15) is 5.82 Å². The predicted octanol–water partition coefficient (Wildman–Crippen LogP) is 2.50. The fourth-order valence-electron chi connectivity index (χ4n) is 2.72. The third-order valence-corrected chi connectivity index (χ3v) is 4.38. The SMILES string of the molecule is CCC(C)N1CCN(c2cc(CNC(C)C)ccn2)CC1. The van der Waals surface area contributed by atoms with E-state index in [4.69, 9.17) is 0 Å². The minimum atomic E-state index is 0.515. The molecule has 0 bridgehead atoms. The van der Waals surface area contributed by atoms with Crippen LogP contribution in [0, 0.1) is 0 Å². The van der Waals surface area contributed by atoms with Gasteiger partial charge in [-0.15, -0.1) is 0 Å². The fourth-order valence-corrected chi connectivity index (χ4v) is 2.72. The van der Waals surface area contributed by atoms with Crippen LogP contribution in [0.15, 0.2) is 18.3 Å². The van der Waals surface area contributed by atoms with Gasteiger partial charge in [0.15, 0.2) is 0 Å². The maximum absolute atomic E-state index is 4.56. The molecule has 1 fully saturated rings. The summed E-state index contributed by atoms with van der Waals surface area (Å²) in [4.78, 5) is 9.56. The first-order chi connectivity index (χ1) is 10.1. The first-order valence-corrected chi connectivity index (χ1v) is 8.27. The highest BCUT2D eigenvalue weighted by atomic mass is 15.3. The van der Waals surface area contributed by atoms with E-state index in [9.17, 15) is 0 Å². The molecule has 2 heterocycles. The topological polar surface area (TPSA) is 31.4 Å². The Morgan fingerprint density at radius 1 is 1.19 bits per heavy atom. The molecular formula is C17H30N4. The molecule has 1 atom stereocenters. The van der Waals surface area contributed by atoms with Gasteiger partial charge < -0.3 is 10.2 Å². The summed E-state index contributed by atoms with van der Waals surface area (Å²) in [6.45, 7) is 14.3. The number of piperazine rings is 1. The van der Waals surface area contributed by atoms with Gasteiger partial charge in [-0.1, -0.05) is 20.8 Å². The number of pyridine rings is 1. The lowest BCUT2D eigenvalue weighted by molar-refractivity contribution is 0.192. The number of hydrogen-bond acceptors (Lipinski definition) is 4. The Morgan fingerprint density at radius 2 is 1.90 bits per heavy atom. The second kappa shape index (κ2) is 7.76. The van der Waals surface area contributed by atoms with Crippen molar-refractivity contribution in [2.24, 2.45) is 0 Å². The van der Waals surface area contributed by atoms with Crippen LogP contribution in [-0.2, 0) is 6.54 Å². The molecule has 4 heteroatoms. The molecule has 118 valence electrons. The molecule has 0 aliphatic carbocycles. The van der Waals surface area contributed by atoms with Crippen LogP contribution >= 0.6 is 0 Å². The van der Waals surface area contributed by atoms with Gasteiger partial charge in [0, 0.05) is 51.0 Å². The van der Waals surface area contributed by atoms with Crippen LogP contribution in [0.2, 0.25) is 0 Å².